The minimum Gasteiger partial charge on any atom is -0.445 e. The summed E-state index contributed by atoms with van der Waals surface area (Å²) in [5.41, 5.74) is 2.04. The second kappa shape index (κ2) is 7.97. The molecule has 0 radical (unpaired) electrons. The molecule has 1 amide bonds. The lowest BCUT2D eigenvalue weighted by Gasteiger charge is -2.31. The zero-order valence-electron chi connectivity index (χ0n) is 14.5. The van der Waals surface area contributed by atoms with E-state index in [0.29, 0.717) is 0 Å². The molecular formula is C20H25NO3. The summed E-state index contributed by atoms with van der Waals surface area (Å²) in [5.74, 6) is 0. The Morgan fingerprint density at radius 3 is 2.29 bits per heavy atom. The zero-order chi connectivity index (χ0) is 17.6. The minimum absolute atomic E-state index is 0.198. The van der Waals surface area contributed by atoms with Crippen molar-refractivity contribution in [2.24, 2.45) is 0 Å². The van der Waals surface area contributed by atoms with Crippen LogP contribution in [0.25, 0.3) is 0 Å². The molecule has 0 fully saturated rings. The number of hydrogen-bond donors (Lipinski definition) is 2. The molecule has 0 aliphatic rings. The molecule has 0 aliphatic carbocycles. The van der Waals surface area contributed by atoms with Crippen molar-refractivity contribution < 1.29 is 14.6 Å². The molecule has 1 atom stereocenters. The lowest BCUT2D eigenvalue weighted by Crippen LogP contribution is -2.48. The molecule has 2 N–H and O–H groups in total. The number of benzene rings is 2. The second-order valence-corrected chi connectivity index (χ2v) is 6.41. The van der Waals surface area contributed by atoms with Crippen LogP contribution in [0.5, 0.6) is 0 Å². The average molecular weight is 327 g/mol. The number of alkyl carbamates (subject to hydrolysis) is 1. The molecule has 0 aromatic heterocycles. The fraction of sp³-hybridized carbons (Fsp3) is 0.350. The molecule has 1 unspecified atom stereocenters. The van der Waals surface area contributed by atoms with Gasteiger partial charge in [0.25, 0.3) is 0 Å². The van der Waals surface area contributed by atoms with Gasteiger partial charge in [-0.1, -0.05) is 61.5 Å². The molecule has 0 spiro atoms. The van der Waals surface area contributed by atoms with Crippen LogP contribution in [0.4, 0.5) is 4.79 Å². The van der Waals surface area contributed by atoms with Gasteiger partial charge in [0.2, 0.25) is 0 Å². The smallest absolute Gasteiger partial charge is 0.407 e. The van der Waals surface area contributed by atoms with Gasteiger partial charge >= 0.3 is 6.09 Å². The number of rotatable bonds is 6. The van der Waals surface area contributed by atoms with Gasteiger partial charge in [-0.3, -0.25) is 0 Å². The van der Waals surface area contributed by atoms with Crippen LogP contribution in [0.2, 0.25) is 0 Å². The van der Waals surface area contributed by atoms with Crippen molar-refractivity contribution in [1.82, 2.24) is 5.32 Å². The maximum Gasteiger partial charge on any atom is 0.407 e. The summed E-state index contributed by atoms with van der Waals surface area (Å²) in [6, 6.07) is 17.2. The van der Waals surface area contributed by atoms with Crippen LogP contribution < -0.4 is 5.32 Å². The number of aliphatic hydroxyl groups excluding tert-OH is 1. The van der Waals surface area contributed by atoms with Gasteiger partial charge in [-0.2, -0.15) is 0 Å². The molecule has 2 rings (SSSR count). The van der Waals surface area contributed by atoms with E-state index < -0.39 is 17.7 Å². The Morgan fingerprint density at radius 2 is 1.71 bits per heavy atom. The summed E-state index contributed by atoms with van der Waals surface area (Å²) in [4.78, 5) is 12.0. The van der Waals surface area contributed by atoms with Crippen LogP contribution in [-0.2, 0) is 17.8 Å². The Balaban J connectivity index is 1.94. The molecule has 4 nitrogen and oxygen atoms in total. The van der Waals surface area contributed by atoms with E-state index in [1.165, 1.54) is 5.56 Å². The summed E-state index contributed by atoms with van der Waals surface area (Å²) in [6.45, 7) is 5.83. The molecular weight excluding hydrogens is 302 g/mol. The number of amides is 1. The van der Waals surface area contributed by atoms with Crippen molar-refractivity contribution in [3.63, 3.8) is 0 Å². The number of nitrogens with one attached hydrogen (secondary N) is 1. The van der Waals surface area contributed by atoms with E-state index in [1.807, 2.05) is 54.6 Å². The zero-order valence-corrected chi connectivity index (χ0v) is 14.5. The highest BCUT2D eigenvalue weighted by Gasteiger charge is 2.31. The van der Waals surface area contributed by atoms with Gasteiger partial charge in [-0.15, -0.1) is 0 Å². The topological polar surface area (TPSA) is 58.6 Å². The molecule has 2 aromatic rings. The molecule has 128 valence electrons. The Hall–Kier alpha value is -2.33. The quantitative estimate of drug-likeness (QED) is 0.843. The van der Waals surface area contributed by atoms with E-state index in [1.54, 1.807) is 13.8 Å². The third-order valence-electron chi connectivity index (χ3n) is 4.02. The van der Waals surface area contributed by atoms with E-state index in [4.69, 9.17) is 4.74 Å². The monoisotopic (exact) mass is 327 g/mol. The van der Waals surface area contributed by atoms with Crippen LogP contribution in [-0.4, -0.2) is 16.7 Å². The second-order valence-electron chi connectivity index (χ2n) is 6.41. The van der Waals surface area contributed by atoms with Crippen LogP contribution >= 0.6 is 0 Å². The lowest BCUT2D eigenvalue weighted by molar-refractivity contribution is 0.0669. The number of aliphatic hydroxyl groups is 1. The van der Waals surface area contributed by atoms with E-state index in [0.717, 1.165) is 17.5 Å². The maximum absolute atomic E-state index is 12.0. The van der Waals surface area contributed by atoms with E-state index in [2.05, 4.69) is 12.2 Å². The summed E-state index contributed by atoms with van der Waals surface area (Å²) < 4.78 is 5.23. The highest BCUT2D eigenvalue weighted by molar-refractivity contribution is 5.68. The molecule has 0 bridgehead atoms. The Labute approximate surface area is 143 Å². The fourth-order valence-corrected chi connectivity index (χ4v) is 2.44. The standard InChI is InChI=1S/C20H25NO3/c1-4-15-10-12-17(13-11-15)18(22)20(2,3)21-19(23)24-14-16-8-6-5-7-9-16/h5-13,18,22H,4,14H2,1-3H3,(H,21,23). The van der Waals surface area contributed by atoms with Gasteiger partial charge in [-0.25, -0.2) is 4.79 Å². The van der Waals surface area contributed by atoms with Gasteiger partial charge in [0.15, 0.2) is 0 Å². The summed E-state index contributed by atoms with van der Waals surface area (Å²) in [6.07, 6.45) is -0.426. The predicted molar refractivity (Wildman–Crippen MR) is 94.6 cm³/mol. The van der Waals surface area contributed by atoms with Gasteiger partial charge in [0.1, 0.15) is 12.7 Å². The van der Waals surface area contributed by atoms with Crippen LogP contribution in [0.3, 0.4) is 0 Å². The number of aryl methyl sites for hydroxylation is 1. The van der Waals surface area contributed by atoms with Crippen molar-refractivity contribution in [3.8, 4) is 0 Å². The Morgan fingerprint density at radius 1 is 1.08 bits per heavy atom. The molecule has 0 saturated heterocycles. The van der Waals surface area contributed by atoms with Crippen molar-refractivity contribution in [3.05, 3.63) is 71.3 Å². The molecule has 0 aliphatic heterocycles. The molecule has 24 heavy (non-hydrogen) atoms. The minimum atomic E-state index is -0.846. The molecule has 0 heterocycles. The highest BCUT2D eigenvalue weighted by Crippen LogP contribution is 2.26. The average Bonchev–Trinajstić information content (AvgIpc) is 2.60. The Kier molecular flexibility index (Phi) is 5.99. The van der Waals surface area contributed by atoms with E-state index in [9.17, 15) is 9.90 Å². The van der Waals surface area contributed by atoms with Crippen LogP contribution in [0.1, 0.15) is 43.6 Å². The Bertz CT molecular complexity index is 650. The van der Waals surface area contributed by atoms with Gasteiger partial charge in [-0.05, 0) is 37.0 Å². The molecule has 4 heteroatoms. The third-order valence-corrected chi connectivity index (χ3v) is 4.02. The van der Waals surface area contributed by atoms with Crippen LogP contribution in [0.15, 0.2) is 54.6 Å². The van der Waals surface area contributed by atoms with Crippen molar-refractivity contribution >= 4 is 6.09 Å². The van der Waals surface area contributed by atoms with E-state index in [-0.39, 0.29) is 6.61 Å². The first kappa shape index (κ1) is 18.0. The van der Waals surface area contributed by atoms with Crippen molar-refractivity contribution in [2.45, 2.75) is 45.4 Å². The first-order valence-electron chi connectivity index (χ1n) is 8.18. The normalized spacial score (nSPS) is 12.5. The van der Waals surface area contributed by atoms with Gasteiger partial charge < -0.3 is 15.2 Å². The SMILES string of the molecule is CCc1ccc(C(O)C(C)(C)NC(=O)OCc2ccccc2)cc1. The lowest BCUT2D eigenvalue weighted by atomic mass is 9.91. The highest BCUT2D eigenvalue weighted by atomic mass is 16.5. The number of carbonyl (C=O) groups is 1. The van der Waals surface area contributed by atoms with Crippen LogP contribution in [0, 0.1) is 0 Å². The molecule has 2 aromatic carbocycles. The maximum atomic E-state index is 12.0. The predicted octanol–water partition coefficient (Wildman–Crippen LogP) is 3.99. The van der Waals surface area contributed by atoms with Crippen molar-refractivity contribution in [1.29, 1.82) is 0 Å². The summed E-state index contributed by atoms with van der Waals surface area (Å²) >= 11 is 0. The van der Waals surface area contributed by atoms with Gasteiger partial charge in [0.05, 0.1) is 5.54 Å². The van der Waals surface area contributed by atoms with Crippen molar-refractivity contribution in [2.75, 3.05) is 0 Å². The summed E-state index contributed by atoms with van der Waals surface area (Å²) in [7, 11) is 0. The van der Waals surface area contributed by atoms with E-state index >= 15 is 0 Å². The number of hydrogen-bond acceptors (Lipinski definition) is 3. The van der Waals surface area contributed by atoms with Gasteiger partial charge in [0, 0.05) is 0 Å². The summed E-state index contributed by atoms with van der Waals surface area (Å²) in [5, 5.41) is 13.3. The first-order valence-corrected chi connectivity index (χ1v) is 8.18. The number of ether oxygens (including phenoxy) is 1. The first-order chi connectivity index (χ1) is 11.4. The number of carbonyl (C=O) groups excluding carboxylic acids is 1. The third kappa shape index (κ3) is 4.83. The molecule has 0 saturated carbocycles. The largest absolute Gasteiger partial charge is 0.445 e. The fourth-order valence-electron chi connectivity index (χ4n) is 2.44.